The molecule has 0 aliphatic heterocycles. The highest BCUT2D eigenvalue weighted by Gasteiger charge is 2.08. The SMILES string of the molecule is CCCCN(C)Cc1cc(CNC)oc1C. The van der Waals surface area contributed by atoms with Gasteiger partial charge in [-0.25, -0.2) is 0 Å². The summed E-state index contributed by atoms with van der Waals surface area (Å²) < 4.78 is 5.67. The van der Waals surface area contributed by atoms with Crippen LogP contribution in [0.25, 0.3) is 0 Å². The van der Waals surface area contributed by atoms with E-state index < -0.39 is 0 Å². The van der Waals surface area contributed by atoms with Gasteiger partial charge in [0.25, 0.3) is 0 Å². The first-order chi connectivity index (χ1) is 7.67. The Morgan fingerprint density at radius 2 is 2.19 bits per heavy atom. The molecule has 0 saturated heterocycles. The van der Waals surface area contributed by atoms with Crippen LogP contribution in [0.15, 0.2) is 10.5 Å². The van der Waals surface area contributed by atoms with Gasteiger partial charge in [0.1, 0.15) is 11.5 Å². The first-order valence-corrected chi connectivity index (χ1v) is 6.08. The van der Waals surface area contributed by atoms with Crippen LogP contribution in [0.4, 0.5) is 0 Å². The Morgan fingerprint density at radius 3 is 2.81 bits per heavy atom. The van der Waals surface area contributed by atoms with E-state index in [-0.39, 0.29) is 0 Å². The number of nitrogens with zero attached hydrogens (tertiary/aromatic N) is 1. The predicted molar refractivity (Wildman–Crippen MR) is 67.5 cm³/mol. The lowest BCUT2D eigenvalue weighted by atomic mass is 10.2. The van der Waals surface area contributed by atoms with Crippen molar-refractivity contribution in [1.82, 2.24) is 10.2 Å². The van der Waals surface area contributed by atoms with Crippen molar-refractivity contribution in [2.24, 2.45) is 0 Å². The highest BCUT2D eigenvalue weighted by Crippen LogP contribution is 2.16. The minimum atomic E-state index is 0.805. The fourth-order valence-corrected chi connectivity index (χ4v) is 1.80. The second kappa shape index (κ2) is 6.71. The van der Waals surface area contributed by atoms with E-state index in [1.54, 1.807) is 0 Å². The third-order valence-electron chi connectivity index (χ3n) is 2.76. The van der Waals surface area contributed by atoms with Crippen LogP contribution in [0.2, 0.25) is 0 Å². The molecule has 0 aliphatic rings. The maximum Gasteiger partial charge on any atom is 0.118 e. The third kappa shape index (κ3) is 3.99. The van der Waals surface area contributed by atoms with Gasteiger partial charge in [0.15, 0.2) is 0 Å². The van der Waals surface area contributed by atoms with E-state index in [0.29, 0.717) is 0 Å². The molecule has 0 spiro atoms. The Labute approximate surface area is 98.8 Å². The first-order valence-electron chi connectivity index (χ1n) is 6.08. The molecule has 0 amide bonds. The lowest BCUT2D eigenvalue weighted by Gasteiger charge is -2.15. The first kappa shape index (κ1) is 13.3. The Balaban J connectivity index is 2.52. The fourth-order valence-electron chi connectivity index (χ4n) is 1.80. The van der Waals surface area contributed by atoms with Gasteiger partial charge in [-0.2, -0.15) is 0 Å². The quantitative estimate of drug-likeness (QED) is 0.771. The van der Waals surface area contributed by atoms with E-state index in [0.717, 1.165) is 31.2 Å². The van der Waals surface area contributed by atoms with Gasteiger partial charge in [-0.05, 0) is 40.1 Å². The molecule has 1 rings (SSSR count). The summed E-state index contributed by atoms with van der Waals surface area (Å²) in [7, 11) is 4.10. The minimum absolute atomic E-state index is 0.805. The third-order valence-corrected chi connectivity index (χ3v) is 2.76. The Bertz CT molecular complexity index is 307. The minimum Gasteiger partial charge on any atom is -0.465 e. The molecule has 1 heterocycles. The Kier molecular flexibility index (Phi) is 5.56. The molecule has 3 nitrogen and oxygen atoms in total. The molecular weight excluding hydrogens is 200 g/mol. The normalized spacial score (nSPS) is 11.3. The summed E-state index contributed by atoms with van der Waals surface area (Å²) in [6.45, 7) is 7.21. The van der Waals surface area contributed by atoms with Crippen LogP contribution in [0.3, 0.4) is 0 Å². The average Bonchev–Trinajstić information content (AvgIpc) is 2.57. The van der Waals surface area contributed by atoms with Crippen LogP contribution in [-0.4, -0.2) is 25.5 Å². The summed E-state index contributed by atoms with van der Waals surface area (Å²) in [4.78, 5) is 2.35. The highest BCUT2D eigenvalue weighted by atomic mass is 16.3. The van der Waals surface area contributed by atoms with Crippen LogP contribution in [0.5, 0.6) is 0 Å². The summed E-state index contributed by atoms with van der Waals surface area (Å²) in [5.74, 6) is 2.08. The molecule has 0 radical (unpaired) electrons. The van der Waals surface area contributed by atoms with Crippen molar-refractivity contribution in [3.05, 3.63) is 23.2 Å². The van der Waals surface area contributed by atoms with E-state index in [9.17, 15) is 0 Å². The average molecular weight is 224 g/mol. The van der Waals surface area contributed by atoms with E-state index in [1.807, 2.05) is 14.0 Å². The van der Waals surface area contributed by atoms with Crippen molar-refractivity contribution in [2.45, 2.75) is 39.8 Å². The van der Waals surface area contributed by atoms with Gasteiger partial charge in [0.05, 0.1) is 6.54 Å². The monoisotopic (exact) mass is 224 g/mol. The summed E-state index contributed by atoms with van der Waals surface area (Å²) in [6.07, 6.45) is 2.51. The van der Waals surface area contributed by atoms with Crippen LogP contribution in [0, 0.1) is 6.92 Å². The summed E-state index contributed by atoms with van der Waals surface area (Å²) in [5.41, 5.74) is 1.31. The predicted octanol–water partition coefficient (Wildman–Crippen LogP) is 2.54. The largest absolute Gasteiger partial charge is 0.465 e. The Morgan fingerprint density at radius 1 is 1.44 bits per heavy atom. The molecule has 0 aliphatic carbocycles. The zero-order valence-corrected chi connectivity index (χ0v) is 11.0. The van der Waals surface area contributed by atoms with Crippen molar-refractivity contribution in [3.63, 3.8) is 0 Å². The molecule has 0 bridgehead atoms. The number of furan rings is 1. The standard InChI is InChI=1S/C13H24N2O/c1-5-6-7-15(4)10-12-8-13(9-14-3)16-11(12)2/h8,14H,5-7,9-10H2,1-4H3. The number of aryl methyl sites for hydroxylation is 1. The van der Waals surface area contributed by atoms with Crippen LogP contribution >= 0.6 is 0 Å². The van der Waals surface area contributed by atoms with Crippen molar-refractivity contribution >= 4 is 0 Å². The molecule has 0 fully saturated rings. The van der Waals surface area contributed by atoms with Crippen molar-refractivity contribution in [3.8, 4) is 0 Å². The molecule has 0 unspecified atom stereocenters. The second-order valence-electron chi connectivity index (χ2n) is 4.42. The number of unbranched alkanes of at least 4 members (excludes halogenated alkanes) is 1. The van der Waals surface area contributed by atoms with Crippen molar-refractivity contribution in [1.29, 1.82) is 0 Å². The number of rotatable bonds is 7. The molecule has 16 heavy (non-hydrogen) atoms. The highest BCUT2D eigenvalue weighted by molar-refractivity contribution is 5.20. The smallest absolute Gasteiger partial charge is 0.118 e. The van der Waals surface area contributed by atoms with Crippen LogP contribution < -0.4 is 5.32 Å². The van der Waals surface area contributed by atoms with Gasteiger partial charge in [0, 0.05) is 12.1 Å². The van der Waals surface area contributed by atoms with Gasteiger partial charge >= 0.3 is 0 Å². The van der Waals surface area contributed by atoms with E-state index in [4.69, 9.17) is 4.42 Å². The lowest BCUT2D eigenvalue weighted by Crippen LogP contribution is -2.19. The number of nitrogens with one attached hydrogen (secondary N) is 1. The second-order valence-corrected chi connectivity index (χ2v) is 4.42. The number of hydrogen-bond acceptors (Lipinski definition) is 3. The van der Waals surface area contributed by atoms with Gasteiger partial charge in [-0.3, -0.25) is 0 Å². The van der Waals surface area contributed by atoms with Gasteiger partial charge in [0.2, 0.25) is 0 Å². The molecule has 3 heteroatoms. The van der Waals surface area contributed by atoms with Crippen molar-refractivity contribution < 1.29 is 4.42 Å². The van der Waals surface area contributed by atoms with Crippen LogP contribution in [-0.2, 0) is 13.1 Å². The Hall–Kier alpha value is -0.800. The molecule has 0 saturated carbocycles. The van der Waals surface area contributed by atoms with Crippen molar-refractivity contribution in [2.75, 3.05) is 20.6 Å². The fraction of sp³-hybridized carbons (Fsp3) is 0.692. The number of hydrogen-bond donors (Lipinski definition) is 1. The van der Waals surface area contributed by atoms with E-state index in [2.05, 4.69) is 30.3 Å². The zero-order valence-electron chi connectivity index (χ0n) is 11.0. The maximum atomic E-state index is 5.67. The van der Waals surface area contributed by atoms with Crippen LogP contribution in [0.1, 0.15) is 36.8 Å². The molecule has 1 N–H and O–H groups in total. The molecule has 92 valence electrons. The van der Waals surface area contributed by atoms with Gasteiger partial charge < -0.3 is 14.6 Å². The lowest BCUT2D eigenvalue weighted by molar-refractivity contribution is 0.318. The van der Waals surface area contributed by atoms with E-state index >= 15 is 0 Å². The summed E-state index contributed by atoms with van der Waals surface area (Å²) in [5, 5.41) is 3.10. The maximum absolute atomic E-state index is 5.67. The molecular formula is C13H24N2O. The molecule has 1 aromatic heterocycles. The zero-order chi connectivity index (χ0) is 12.0. The molecule has 0 aromatic carbocycles. The summed E-state index contributed by atoms with van der Waals surface area (Å²) >= 11 is 0. The van der Waals surface area contributed by atoms with Gasteiger partial charge in [-0.15, -0.1) is 0 Å². The molecule has 1 aromatic rings. The van der Waals surface area contributed by atoms with Gasteiger partial charge in [-0.1, -0.05) is 13.3 Å². The topological polar surface area (TPSA) is 28.4 Å². The molecule has 0 atom stereocenters. The van der Waals surface area contributed by atoms with E-state index in [1.165, 1.54) is 18.4 Å². The summed E-state index contributed by atoms with van der Waals surface area (Å²) in [6, 6.07) is 2.16.